The number of para-hydroxylation sites is 2. The van der Waals surface area contributed by atoms with Gasteiger partial charge in [0.2, 0.25) is 0 Å². The number of hydrogen-bond acceptors (Lipinski definition) is 4. The van der Waals surface area contributed by atoms with E-state index in [2.05, 4.69) is 9.97 Å². The van der Waals surface area contributed by atoms with E-state index in [1.54, 1.807) is 12.1 Å². The van der Waals surface area contributed by atoms with Gasteiger partial charge in [0, 0.05) is 54.5 Å². The van der Waals surface area contributed by atoms with Gasteiger partial charge in [-0.2, -0.15) is 0 Å². The van der Waals surface area contributed by atoms with Crippen LogP contribution in [0.25, 0.3) is 87.4 Å². The molecule has 0 bridgehead atoms. The average molecular weight is 627 g/mol. The lowest BCUT2D eigenvalue weighted by molar-refractivity contribution is 0.0989. The molecule has 0 radical (unpaired) electrons. The predicted molar refractivity (Wildman–Crippen MR) is 191 cm³/mol. The van der Waals surface area contributed by atoms with Crippen LogP contribution in [0, 0.1) is 0 Å². The largest absolute Gasteiger partial charge is 0.506 e. The maximum Gasteiger partial charge on any atom is 0.252 e. The first kappa shape index (κ1) is 27.5. The van der Waals surface area contributed by atoms with Crippen molar-refractivity contribution in [1.29, 1.82) is 0 Å². The standard InChI is InChI=1S/C40H26N4O4/c41-39(47)27-17-19-13-15-25-21-7-3-5-11-29(21)43-35(25)31(19)33(37(27)45)23-9-1-2-10-24(23)34-32-20(18-28(38(34)46)40(42)48)14-16-26-22-8-4-6-12-30(22)44-36(26)32/h1-18,43-46H,(H2,41,47)(H2,42,48). The molecule has 0 spiro atoms. The second-order valence-corrected chi connectivity index (χ2v) is 12.1. The first-order valence-corrected chi connectivity index (χ1v) is 15.4. The Labute approximate surface area is 271 Å². The molecule has 0 atom stereocenters. The van der Waals surface area contributed by atoms with E-state index in [1.807, 2.05) is 97.1 Å². The Balaban J connectivity index is 1.48. The molecule has 0 saturated heterocycles. The molecule has 0 aliphatic heterocycles. The van der Waals surface area contributed by atoms with Gasteiger partial charge in [-0.15, -0.1) is 0 Å². The van der Waals surface area contributed by atoms with Crippen LogP contribution in [0.3, 0.4) is 0 Å². The quantitative estimate of drug-likeness (QED) is 0.116. The number of nitrogens with one attached hydrogen (secondary N) is 2. The first-order chi connectivity index (χ1) is 23.3. The number of benzene rings is 7. The fourth-order valence-electron chi connectivity index (χ4n) is 7.42. The fraction of sp³-hybridized carbons (Fsp3) is 0. The van der Waals surface area contributed by atoms with Gasteiger partial charge in [-0.3, -0.25) is 9.59 Å². The van der Waals surface area contributed by atoms with Crippen molar-refractivity contribution in [2.24, 2.45) is 11.5 Å². The summed E-state index contributed by atoms with van der Waals surface area (Å²) < 4.78 is 0. The van der Waals surface area contributed by atoms with Crippen molar-refractivity contribution in [3.05, 3.63) is 120 Å². The van der Waals surface area contributed by atoms with E-state index in [9.17, 15) is 19.8 Å². The van der Waals surface area contributed by atoms with Crippen LogP contribution in [0.1, 0.15) is 20.7 Å². The molecule has 9 rings (SSSR count). The van der Waals surface area contributed by atoms with Gasteiger partial charge < -0.3 is 31.6 Å². The lowest BCUT2D eigenvalue weighted by atomic mass is 9.85. The second kappa shape index (κ2) is 9.85. The van der Waals surface area contributed by atoms with Gasteiger partial charge in [0.05, 0.1) is 22.2 Å². The third-order valence-corrected chi connectivity index (χ3v) is 9.51. The van der Waals surface area contributed by atoms with Crippen molar-refractivity contribution in [3.8, 4) is 33.8 Å². The lowest BCUT2D eigenvalue weighted by Crippen LogP contribution is -2.12. The zero-order chi connectivity index (χ0) is 32.8. The van der Waals surface area contributed by atoms with Crippen LogP contribution in [0.5, 0.6) is 11.5 Å². The first-order valence-electron chi connectivity index (χ1n) is 15.4. The molecule has 8 N–H and O–H groups in total. The van der Waals surface area contributed by atoms with Crippen LogP contribution in [0.4, 0.5) is 0 Å². The minimum atomic E-state index is -0.784. The highest BCUT2D eigenvalue weighted by Gasteiger charge is 2.27. The van der Waals surface area contributed by atoms with E-state index in [4.69, 9.17) is 11.5 Å². The summed E-state index contributed by atoms with van der Waals surface area (Å²) in [7, 11) is 0. The van der Waals surface area contributed by atoms with E-state index in [1.165, 1.54) is 0 Å². The maximum atomic E-state index is 12.7. The Bertz CT molecular complexity index is 2680. The highest BCUT2D eigenvalue weighted by Crippen LogP contribution is 2.50. The Morgan fingerprint density at radius 2 is 0.896 bits per heavy atom. The molecule has 0 aliphatic rings. The number of H-pyrrole nitrogens is 2. The molecule has 8 nitrogen and oxygen atoms in total. The summed E-state index contributed by atoms with van der Waals surface area (Å²) >= 11 is 0. The van der Waals surface area contributed by atoms with Crippen molar-refractivity contribution in [2.45, 2.75) is 0 Å². The number of rotatable bonds is 4. The third kappa shape index (κ3) is 3.71. The van der Waals surface area contributed by atoms with Crippen LogP contribution in [-0.4, -0.2) is 32.0 Å². The Morgan fingerprint density at radius 3 is 1.31 bits per heavy atom. The summed E-state index contributed by atoms with van der Waals surface area (Å²) in [5, 5.41) is 30.5. The lowest BCUT2D eigenvalue weighted by Gasteiger charge is -2.19. The molecule has 0 aliphatic carbocycles. The minimum absolute atomic E-state index is 0.0410. The van der Waals surface area contributed by atoms with Crippen LogP contribution in [0.15, 0.2) is 109 Å². The predicted octanol–water partition coefficient (Wildman–Crippen LogP) is 8.21. The van der Waals surface area contributed by atoms with E-state index < -0.39 is 11.8 Å². The highest BCUT2D eigenvalue weighted by atomic mass is 16.3. The summed E-state index contributed by atoms with van der Waals surface area (Å²) in [4.78, 5) is 32.6. The number of phenols is 2. The SMILES string of the molecule is NC(=O)c1cc2ccc3c4ccccc4[nH]c3c2c(-c2ccccc2-c2c(O)c(C(N)=O)cc3ccc4c5ccccc5[nH]c4c23)c1O. The Kier molecular flexibility index (Phi) is 5.64. The molecule has 230 valence electrons. The van der Waals surface area contributed by atoms with Crippen molar-refractivity contribution in [3.63, 3.8) is 0 Å². The normalized spacial score (nSPS) is 11.8. The van der Waals surface area contributed by atoms with Gasteiger partial charge in [-0.1, -0.05) is 84.9 Å². The van der Waals surface area contributed by atoms with Crippen molar-refractivity contribution in [2.75, 3.05) is 0 Å². The molecule has 2 aromatic heterocycles. The number of fused-ring (bicyclic) bond motifs is 10. The molecule has 48 heavy (non-hydrogen) atoms. The minimum Gasteiger partial charge on any atom is -0.506 e. The van der Waals surface area contributed by atoms with Crippen LogP contribution in [0.2, 0.25) is 0 Å². The van der Waals surface area contributed by atoms with Gasteiger partial charge >= 0.3 is 0 Å². The highest BCUT2D eigenvalue weighted by molar-refractivity contribution is 6.26. The second-order valence-electron chi connectivity index (χ2n) is 12.1. The molecule has 2 heterocycles. The van der Waals surface area contributed by atoms with Gasteiger partial charge in [-0.25, -0.2) is 0 Å². The molecule has 0 unspecified atom stereocenters. The summed E-state index contributed by atoms with van der Waals surface area (Å²) in [6.07, 6.45) is 0. The molecule has 9 aromatic rings. The van der Waals surface area contributed by atoms with E-state index in [0.717, 1.165) is 43.6 Å². The van der Waals surface area contributed by atoms with Crippen LogP contribution in [-0.2, 0) is 0 Å². The number of primary amides is 2. The number of amides is 2. The smallest absolute Gasteiger partial charge is 0.252 e. The zero-order valence-corrected chi connectivity index (χ0v) is 25.3. The number of aromatic nitrogens is 2. The number of carbonyl (C=O) groups is 2. The molecular formula is C40H26N4O4. The number of aromatic amines is 2. The summed E-state index contributed by atoms with van der Waals surface area (Å²) in [6.45, 7) is 0. The summed E-state index contributed by atoms with van der Waals surface area (Å²) in [6, 6.07) is 34.1. The number of hydrogen-bond donors (Lipinski definition) is 6. The van der Waals surface area contributed by atoms with Crippen LogP contribution >= 0.6 is 0 Å². The number of aromatic hydroxyl groups is 2. The molecule has 0 fully saturated rings. The van der Waals surface area contributed by atoms with Crippen molar-refractivity contribution < 1.29 is 19.8 Å². The Morgan fingerprint density at radius 1 is 0.500 bits per heavy atom. The fourth-order valence-corrected chi connectivity index (χ4v) is 7.42. The van der Waals surface area contributed by atoms with Gasteiger partial charge in [-0.05, 0) is 46.2 Å². The van der Waals surface area contributed by atoms with Crippen molar-refractivity contribution in [1.82, 2.24) is 9.97 Å². The molecular weight excluding hydrogens is 600 g/mol. The summed E-state index contributed by atoms with van der Waals surface area (Å²) in [5.41, 5.74) is 16.7. The Hall–Kier alpha value is -6.80. The number of carbonyl (C=O) groups excluding carboxylic acids is 2. The van der Waals surface area contributed by atoms with Crippen molar-refractivity contribution >= 4 is 77.0 Å². The third-order valence-electron chi connectivity index (χ3n) is 9.51. The van der Waals surface area contributed by atoms with E-state index in [-0.39, 0.29) is 22.6 Å². The monoisotopic (exact) mass is 626 g/mol. The number of nitrogens with two attached hydrogens (primary N) is 2. The summed E-state index contributed by atoms with van der Waals surface area (Å²) in [5.74, 6) is -2.15. The molecule has 7 aromatic carbocycles. The zero-order valence-electron chi connectivity index (χ0n) is 25.3. The van der Waals surface area contributed by atoms with Crippen LogP contribution < -0.4 is 11.5 Å². The van der Waals surface area contributed by atoms with E-state index >= 15 is 0 Å². The molecule has 2 amide bonds. The van der Waals surface area contributed by atoms with Gasteiger partial charge in [0.15, 0.2) is 0 Å². The maximum absolute atomic E-state index is 12.7. The van der Waals surface area contributed by atoms with E-state index in [0.29, 0.717) is 43.8 Å². The molecule has 0 saturated carbocycles. The van der Waals surface area contributed by atoms with Gasteiger partial charge in [0.25, 0.3) is 11.8 Å². The average Bonchev–Trinajstić information content (AvgIpc) is 3.66. The topological polar surface area (TPSA) is 158 Å². The molecule has 8 heteroatoms. The van der Waals surface area contributed by atoms with Gasteiger partial charge in [0.1, 0.15) is 11.5 Å².